The fraction of sp³-hybridized carbons (Fsp3) is 0.714. The van der Waals surface area contributed by atoms with Crippen molar-refractivity contribution in [1.82, 2.24) is 15.2 Å². The summed E-state index contributed by atoms with van der Waals surface area (Å²) in [7, 11) is 0. The molecule has 6 nitrogen and oxygen atoms in total. The molecule has 1 rings (SSSR count). The third kappa shape index (κ3) is 3.43. The number of thioether (sulfide) groups is 1. The first kappa shape index (κ1) is 11.1. The lowest BCUT2D eigenvalue weighted by Crippen LogP contribution is -2.36. The fourth-order valence-electron chi connectivity index (χ4n) is 0.985. The number of aliphatic hydroxyl groups is 1. The van der Waals surface area contributed by atoms with Crippen LogP contribution in [-0.2, 0) is 0 Å². The van der Waals surface area contributed by atoms with E-state index < -0.39 is 5.60 Å². The van der Waals surface area contributed by atoms with Gasteiger partial charge in [0.05, 0.1) is 5.60 Å². The van der Waals surface area contributed by atoms with E-state index in [1.807, 2.05) is 6.26 Å². The number of H-pyrrole nitrogens is 1. The van der Waals surface area contributed by atoms with Gasteiger partial charge in [-0.15, -0.1) is 5.10 Å². The molecule has 0 aromatic carbocycles. The van der Waals surface area contributed by atoms with Gasteiger partial charge < -0.3 is 16.2 Å². The lowest BCUT2D eigenvalue weighted by Gasteiger charge is -2.21. The highest BCUT2D eigenvalue weighted by atomic mass is 32.2. The largest absolute Gasteiger partial charge is 0.387 e. The van der Waals surface area contributed by atoms with Crippen LogP contribution >= 0.6 is 11.8 Å². The number of hydrogen-bond donors (Lipinski definition) is 4. The van der Waals surface area contributed by atoms with Gasteiger partial charge in [0.15, 0.2) is 0 Å². The minimum Gasteiger partial charge on any atom is -0.387 e. The molecule has 0 spiro atoms. The molecule has 5 N–H and O–H groups in total. The highest BCUT2D eigenvalue weighted by Crippen LogP contribution is 2.11. The Labute approximate surface area is 86.7 Å². The first-order valence-corrected chi connectivity index (χ1v) is 5.56. The summed E-state index contributed by atoms with van der Waals surface area (Å²) >= 11 is 1.59. The van der Waals surface area contributed by atoms with Gasteiger partial charge in [0.2, 0.25) is 11.9 Å². The lowest BCUT2D eigenvalue weighted by molar-refractivity contribution is 0.0995. The average molecular weight is 217 g/mol. The average Bonchev–Trinajstić information content (AvgIpc) is 2.48. The maximum atomic E-state index is 9.80. The van der Waals surface area contributed by atoms with Crippen molar-refractivity contribution in [3.8, 4) is 0 Å². The van der Waals surface area contributed by atoms with E-state index in [9.17, 15) is 5.11 Å². The van der Waals surface area contributed by atoms with Crippen molar-refractivity contribution in [2.24, 2.45) is 0 Å². The van der Waals surface area contributed by atoms with Crippen molar-refractivity contribution in [3.63, 3.8) is 0 Å². The Morgan fingerprint density at radius 1 is 1.71 bits per heavy atom. The predicted molar refractivity (Wildman–Crippen MR) is 58.3 cm³/mol. The Morgan fingerprint density at radius 2 is 2.43 bits per heavy atom. The Balaban J connectivity index is 2.40. The molecule has 0 fully saturated rings. The summed E-state index contributed by atoms with van der Waals surface area (Å²) in [6.45, 7) is 2.15. The van der Waals surface area contributed by atoms with Crippen molar-refractivity contribution in [2.45, 2.75) is 12.5 Å². The number of nitrogen functional groups attached to an aromatic ring is 1. The van der Waals surface area contributed by atoms with E-state index in [-0.39, 0.29) is 5.95 Å². The summed E-state index contributed by atoms with van der Waals surface area (Å²) in [5.41, 5.74) is 4.57. The van der Waals surface area contributed by atoms with Crippen LogP contribution in [0.4, 0.5) is 11.9 Å². The second-order valence-electron chi connectivity index (χ2n) is 3.33. The molecule has 0 saturated heterocycles. The molecule has 0 aliphatic rings. The third-order valence-electron chi connectivity index (χ3n) is 1.59. The maximum absolute atomic E-state index is 9.80. The molecule has 0 bridgehead atoms. The van der Waals surface area contributed by atoms with Crippen LogP contribution in [0, 0.1) is 0 Å². The smallest absolute Gasteiger partial charge is 0.243 e. The quantitative estimate of drug-likeness (QED) is 0.550. The Hall–Kier alpha value is -0.950. The van der Waals surface area contributed by atoms with Crippen molar-refractivity contribution in [3.05, 3.63) is 0 Å². The van der Waals surface area contributed by atoms with Crippen LogP contribution in [0.5, 0.6) is 0 Å². The van der Waals surface area contributed by atoms with Gasteiger partial charge in [0, 0.05) is 12.3 Å². The van der Waals surface area contributed by atoms with Gasteiger partial charge in [0.1, 0.15) is 0 Å². The summed E-state index contributed by atoms with van der Waals surface area (Å²) in [4.78, 5) is 3.86. The van der Waals surface area contributed by atoms with Crippen molar-refractivity contribution in [1.29, 1.82) is 0 Å². The highest BCUT2D eigenvalue weighted by molar-refractivity contribution is 7.98. The second-order valence-corrected chi connectivity index (χ2v) is 4.19. The zero-order valence-electron chi connectivity index (χ0n) is 8.24. The molecule has 0 radical (unpaired) electrons. The van der Waals surface area contributed by atoms with Gasteiger partial charge >= 0.3 is 0 Å². The summed E-state index contributed by atoms with van der Waals surface area (Å²) in [6, 6.07) is 0. The number of nitrogens with zero attached hydrogens (tertiary/aromatic N) is 2. The molecule has 7 heteroatoms. The number of rotatable bonds is 5. The minimum absolute atomic E-state index is 0.261. The summed E-state index contributed by atoms with van der Waals surface area (Å²) in [5, 5.41) is 19.0. The van der Waals surface area contributed by atoms with Gasteiger partial charge in [0.25, 0.3) is 0 Å². The van der Waals surface area contributed by atoms with Crippen molar-refractivity contribution >= 4 is 23.7 Å². The second kappa shape index (κ2) is 4.52. The van der Waals surface area contributed by atoms with E-state index in [4.69, 9.17) is 5.73 Å². The van der Waals surface area contributed by atoms with Crippen molar-refractivity contribution in [2.75, 3.05) is 29.6 Å². The Morgan fingerprint density at radius 3 is 2.93 bits per heavy atom. The van der Waals surface area contributed by atoms with E-state index in [1.165, 1.54) is 0 Å². The molecule has 0 aliphatic carbocycles. The SMILES string of the molecule is CSCC(C)(O)CNc1n[nH]c(N)n1. The molecule has 1 aromatic heterocycles. The predicted octanol–water partition coefficient (Wildman–Crippen LogP) is -0.0872. The molecule has 14 heavy (non-hydrogen) atoms. The van der Waals surface area contributed by atoms with Crippen LogP contribution in [0.2, 0.25) is 0 Å². The standard InChI is InChI=1S/C7H15N5OS/c1-7(13,4-14-2)3-9-6-10-5(8)11-12-6/h13H,3-4H2,1-2H3,(H4,8,9,10,11,12). The van der Waals surface area contributed by atoms with E-state index in [0.717, 1.165) is 0 Å². The summed E-state index contributed by atoms with van der Waals surface area (Å²) in [6.07, 6.45) is 1.94. The molecule has 1 heterocycles. The van der Waals surface area contributed by atoms with Crippen LogP contribution < -0.4 is 11.1 Å². The van der Waals surface area contributed by atoms with Crippen LogP contribution in [0.25, 0.3) is 0 Å². The number of anilines is 2. The van der Waals surface area contributed by atoms with E-state index in [0.29, 0.717) is 18.2 Å². The number of aromatic nitrogens is 3. The minimum atomic E-state index is -0.769. The molecule has 1 aromatic rings. The molecule has 0 amide bonds. The van der Waals surface area contributed by atoms with Gasteiger partial charge in [-0.2, -0.15) is 16.7 Å². The molecular formula is C7H15N5OS. The lowest BCUT2D eigenvalue weighted by atomic mass is 10.1. The monoisotopic (exact) mass is 217 g/mol. The number of aromatic amines is 1. The molecule has 0 saturated carbocycles. The maximum Gasteiger partial charge on any atom is 0.243 e. The van der Waals surface area contributed by atoms with Gasteiger partial charge in [-0.25, -0.2) is 5.10 Å². The van der Waals surface area contributed by atoms with E-state index in [1.54, 1.807) is 18.7 Å². The van der Waals surface area contributed by atoms with Gasteiger partial charge in [-0.3, -0.25) is 0 Å². The number of nitrogens with one attached hydrogen (secondary N) is 2. The Bertz CT molecular complexity index is 287. The van der Waals surface area contributed by atoms with Crippen LogP contribution in [0.1, 0.15) is 6.92 Å². The van der Waals surface area contributed by atoms with Crippen LogP contribution in [0.3, 0.4) is 0 Å². The number of nitrogens with two attached hydrogens (primary N) is 1. The Kier molecular flexibility index (Phi) is 3.59. The summed E-state index contributed by atoms with van der Waals surface area (Å²) in [5.74, 6) is 1.32. The van der Waals surface area contributed by atoms with Crippen LogP contribution in [-0.4, -0.2) is 44.4 Å². The first-order chi connectivity index (χ1) is 6.53. The zero-order chi connectivity index (χ0) is 10.6. The molecular weight excluding hydrogens is 202 g/mol. The molecule has 0 aliphatic heterocycles. The third-order valence-corrected chi connectivity index (χ3v) is 2.50. The van der Waals surface area contributed by atoms with Gasteiger partial charge in [-0.05, 0) is 13.2 Å². The highest BCUT2D eigenvalue weighted by Gasteiger charge is 2.19. The summed E-state index contributed by atoms with van der Waals surface area (Å²) < 4.78 is 0. The topological polar surface area (TPSA) is 99.8 Å². The van der Waals surface area contributed by atoms with Crippen LogP contribution in [0.15, 0.2) is 0 Å². The van der Waals surface area contributed by atoms with E-state index >= 15 is 0 Å². The zero-order valence-corrected chi connectivity index (χ0v) is 9.06. The van der Waals surface area contributed by atoms with Gasteiger partial charge in [-0.1, -0.05) is 0 Å². The normalized spacial score (nSPS) is 15.1. The van der Waals surface area contributed by atoms with Crippen molar-refractivity contribution < 1.29 is 5.11 Å². The fourth-order valence-corrected chi connectivity index (χ4v) is 1.71. The van der Waals surface area contributed by atoms with E-state index in [2.05, 4.69) is 20.5 Å². The number of hydrogen-bond acceptors (Lipinski definition) is 6. The molecule has 1 atom stereocenters. The molecule has 80 valence electrons. The molecule has 1 unspecified atom stereocenters. The first-order valence-electron chi connectivity index (χ1n) is 4.16.